The van der Waals surface area contributed by atoms with Crippen LogP contribution < -0.4 is 10.5 Å². The highest BCUT2D eigenvalue weighted by Crippen LogP contribution is 2.25. The Morgan fingerprint density at radius 2 is 2.27 bits per heavy atom. The molecule has 0 aliphatic heterocycles. The van der Waals surface area contributed by atoms with E-state index in [1.807, 2.05) is 12.1 Å². The number of hydrogen-bond donors (Lipinski definition) is 3. The molecule has 4 N–H and O–H groups in total. The number of ether oxygens (including phenoxy) is 1. The van der Waals surface area contributed by atoms with Crippen molar-refractivity contribution in [3.05, 3.63) is 30.1 Å². The summed E-state index contributed by atoms with van der Waals surface area (Å²) in [4.78, 5) is 17.0. The summed E-state index contributed by atoms with van der Waals surface area (Å²) in [6.07, 6.45) is 1.80. The maximum Gasteiger partial charge on any atom is 0.269 e. The average Bonchev–Trinajstić information content (AvgIpc) is 2.86. The topological polar surface area (TPSA) is 83.9 Å². The lowest BCUT2D eigenvalue weighted by Gasteiger charge is -1.95. The number of aromatic amines is 2. The predicted octanol–water partition coefficient (Wildman–Crippen LogP) is 1.12. The van der Waals surface area contributed by atoms with Gasteiger partial charge in [-0.1, -0.05) is 0 Å². The number of hydrogen-bond acceptors (Lipinski definition) is 2. The van der Waals surface area contributed by atoms with E-state index in [1.54, 1.807) is 12.3 Å². The first-order chi connectivity index (χ1) is 7.22. The molecule has 0 atom stereocenters. The molecule has 2 heterocycles. The molecule has 5 nitrogen and oxygen atoms in total. The molecule has 0 saturated heterocycles. The molecule has 2 rings (SSSR count). The fraction of sp³-hybridized carbons (Fsp3) is 0.100. The largest absolute Gasteiger partial charge is 0.494 e. The molecule has 0 radical (unpaired) electrons. The number of carbonyl (C=O) groups is 1. The van der Waals surface area contributed by atoms with Crippen LogP contribution in [0.2, 0.25) is 0 Å². The molecular weight excluding hydrogens is 194 g/mol. The van der Waals surface area contributed by atoms with Gasteiger partial charge in [-0.3, -0.25) is 4.79 Å². The van der Waals surface area contributed by atoms with E-state index >= 15 is 0 Å². The lowest BCUT2D eigenvalue weighted by atomic mass is 10.3. The molecule has 5 heteroatoms. The van der Waals surface area contributed by atoms with E-state index in [4.69, 9.17) is 10.5 Å². The van der Waals surface area contributed by atoms with Crippen molar-refractivity contribution in [2.75, 3.05) is 7.11 Å². The van der Waals surface area contributed by atoms with Crippen molar-refractivity contribution < 1.29 is 9.53 Å². The second-order valence-electron chi connectivity index (χ2n) is 3.07. The highest BCUT2D eigenvalue weighted by molar-refractivity contribution is 5.95. The summed E-state index contributed by atoms with van der Waals surface area (Å²) in [6.45, 7) is 0. The van der Waals surface area contributed by atoms with E-state index < -0.39 is 5.91 Å². The second kappa shape index (κ2) is 3.53. The van der Waals surface area contributed by atoms with Crippen LogP contribution in [-0.4, -0.2) is 23.0 Å². The van der Waals surface area contributed by atoms with E-state index in [9.17, 15) is 4.79 Å². The summed E-state index contributed by atoms with van der Waals surface area (Å²) in [6, 6.07) is 5.48. The van der Waals surface area contributed by atoms with E-state index in [2.05, 4.69) is 9.97 Å². The van der Waals surface area contributed by atoms with Crippen LogP contribution in [-0.2, 0) is 0 Å². The van der Waals surface area contributed by atoms with Gasteiger partial charge in [0.1, 0.15) is 11.4 Å². The number of nitrogens with two attached hydrogens (primary N) is 1. The highest BCUT2D eigenvalue weighted by atomic mass is 16.5. The molecule has 78 valence electrons. The molecule has 2 aromatic heterocycles. The van der Waals surface area contributed by atoms with Gasteiger partial charge in [0.15, 0.2) is 0 Å². The zero-order valence-corrected chi connectivity index (χ0v) is 8.20. The number of methoxy groups -OCH3 is 1. The zero-order valence-electron chi connectivity index (χ0n) is 8.20. The van der Waals surface area contributed by atoms with Gasteiger partial charge in [-0.25, -0.2) is 0 Å². The third kappa shape index (κ3) is 1.59. The van der Waals surface area contributed by atoms with Gasteiger partial charge in [0.25, 0.3) is 5.91 Å². The Kier molecular flexibility index (Phi) is 2.21. The number of carbonyl (C=O) groups excluding carboxylic acids is 1. The number of rotatable bonds is 3. The molecule has 0 saturated carbocycles. The Hall–Kier alpha value is -2.17. The van der Waals surface area contributed by atoms with Crippen LogP contribution >= 0.6 is 0 Å². The average molecular weight is 205 g/mol. The number of primary amides is 1. The SMILES string of the molecule is COc1cc(-c2ccc[nH]2)[nH]c1C(N)=O. The number of amides is 1. The normalized spacial score (nSPS) is 10.2. The molecular formula is C10H11N3O2. The molecule has 0 spiro atoms. The van der Waals surface area contributed by atoms with Crippen molar-refractivity contribution in [3.8, 4) is 17.1 Å². The smallest absolute Gasteiger partial charge is 0.269 e. The van der Waals surface area contributed by atoms with Crippen LogP contribution in [0.5, 0.6) is 5.75 Å². The van der Waals surface area contributed by atoms with Gasteiger partial charge in [-0.15, -0.1) is 0 Å². The summed E-state index contributed by atoms with van der Waals surface area (Å²) < 4.78 is 5.04. The minimum absolute atomic E-state index is 0.280. The van der Waals surface area contributed by atoms with E-state index in [1.165, 1.54) is 7.11 Å². The zero-order chi connectivity index (χ0) is 10.8. The van der Waals surface area contributed by atoms with Crippen molar-refractivity contribution in [1.29, 1.82) is 0 Å². The Balaban J connectivity index is 2.48. The fourth-order valence-electron chi connectivity index (χ4n) is 1.42. The predicted molar refractivity (Wildman–Crippen MR) is 55.6 cm³/mol. The van der Waals surface area contributed by atoms with Crippen molar-refractivity contribution in [2.45, 2.75) is 0 Å². The fourth-order valence-corrected chi connectivity index (χ4v) is 1.42. The molecule has 0 unspecified atom stereocenters. The Labute approximate surface area is 86.3 Å². The molecule has 0 aromatic carbocycles. The first-order valence-electron chi connectivity index (χ1n) is 4.43. The summed E-state index contributed by atoms with van der Waals surface area (Å²) in [5.41, 5.74) is 7.12. The minimum atomic E-state index is -0.537. The standard InChI is InChI=1S/C10H11N3O2/c1-15-8-5-7(6-3-2-4-12-6)13-9(8)10(11)14/h2-5,12-13H,1H3,(H2,11,14). The van der Waals surface area contributed by atoms with Crippen LogP contribution in [0.25, 0.3) is 11.4 Å². The molecule has 1 amide bonds. The molecule has 0 aliphatic carbocycles. The van der Waals surface area contributed by atoms with E-state index in [-0.39, 0.29) is 5.69 Å². The maximum atomic E-state index is 11.1. The van der Waals surface area contributed by atoms with Gasteiger partial charge in [-0.2, -0.15) is 0 Å². The van der Waals surface area contributed by atoms with Crippen molar-refractivity contribution in [3.63, 3.8) is 0 Å². The molecule has 15 heavy (non-hydrogen) atoms. The third-order valence-electron chi connectivity index (χ3n) is 2.14. The van der Waals surface area contributed by atoms with E-state index in [0.29, 0.717) is 5.75 Å². The Bertz CT molecular complexity index is 471. The molecule has 0 bridgehead atoms. The Morgan fingerprint density at radius 3 is 2.73 bits per heavy atom. The summed E-state index contributed by atoms with van der Waals surface area (Å²) in [7, 11) is 1.49. The maximum absolute atomic E-state index is 11.1. The summed E-state index contributed by atoms with van der Waals surface area (Å²) in [5, 5.41) is 0. The first kappa shape index (κ1) is 9.39. The lowest BCUT2D eigenvalue weighted by molar-refractivity contribution is 0.0993. The number of aromatic nitrogens is 2. The van der Waals surface area contributed by atoms with E-state index in [0.717, 1.165) is 11.4 Å². The van der Waals surface area contributed by atoms with Gasteiger partial charge < -0.3 is 20.4 Å². The van der Waals surface area contributed by atoms with Crippen molar-refractivity contribution >= 4 is 5.91 Å². The van der Waals surface area contributed by atoms with Crippen LogP contribution in [0, 0.1) is 0 Å². The third-order valence-corrected chi connectivity index (χ3v) is 2.14. The van der Waals surface area contributed by atoms with Gasteiger partial charge in [-0.05, 0) is 12.1 Å². The quantitative estimate of drug-likeness (QED) is 0.701. The number of H-pyrrole nitrogens is 2. The highest BCUT2D eigenvalue weighted by Gasteiger charge is 2.14. The summed E-state index contributed by atoms with van der Waals surface area (Å²) >= 11 is 0. The van der Waals surface area contributed by atoms with Crippen molar-refractivity contribution in [1.82, 2.24) is 9.97 Å². The van der Waals surface area contributed by atoms with Crippen LogP contribution in [0.15, 0.2) is 24.4 Å². The monoisotopic (exact) mass is 205 g/mol. The van der Waals surface area contributed by atoms with Crippen LogP contribution in [0.3, 0.4) is 0 Å². The first-order valence-corrected chi connectivity index (χ1v) is 4.43. The molecule has 0 aliphatic rings. The molecule has 2 aromatic rings. The summed E-state index contributed by atoms with van der Waals surface area (Å²) in [5.74, 6) is -0.0863. The lowest BCUT2D eigenvalue weighted by Crippen LogP contribution is -2.12. The van der Waals surface area contributed by atoms with Crippen LogP contribution in [0.4, 0.5) is 0 Å². The van der Waals surface area contributed by atoms with Gasteiger partial charge in [0.05, 0.1) is 18.5 Å². The Morgan fingerprint density at radius 1 is 1.47 bits per heavy atom. The second-order valence-corrected chi connectivity index (χ2v) is 3.07. The van der Waals surface area contributed by atoms with Gasteiger partial charge in [0.2, 0.25) is 0 Å². The minimum Gasteiger partial charge on any atom is -0.494 e. The molecule has 0 fully saturated rings. The number of nitrogens with one attached hydrogen (secondary N) is 2. The van der Waals surface area contributed by atoms with Crippen LogP contribution in [0.1, 0.15) is 10.5 Å². The van der Waals surface area contributed by atoms with Gasteiger partial charge >= 0.3 is 0 Å². The van der Waals surface area contributed by atoms with Crippen molar-refractivity contribution in [2.24, 2.45) is 5.73 Å². The van der Waals surface area contributed by atoms with Gasteiger partial charge in [0, 0.05) is 12.3 Å².